The summed E-state index contributed by atoms with van der Waals surface area (Å²) in [5.74, 6) is 0. The normalized spacial score (nSPS) is 11.7. The number of fused-ring (bicyclic) bond motifs is 5. The van der Waals surface area contributed by atoms with Gasteiger partial charge in [0.05, 0.1) is 5.52 Å². The Kier molecular flexibility index (Phi) is 2.46. The van der Waals surface area contributed by atoms with Gasteiger partial charge in [0.25, 0.3) is 5.56 Å². The van der Waals surface area contributed by atoms with Gasteiger partial charge in [0.1, 0.15) is 10.4 Å². The monoisotopic (exact) mass is 318 g/mol. The van der Waals surface area contributed by atoms with E-state index < -0.39 is 0 Å². The highest BCUT2D eigenvalue weighted by atomic mass is 32.1. The van der Waals surface area contributed by atoms with Gasteiger partial charge in [0.15, 0.2) is 5.65 Å². The lowest BCUT2D eigenvalue weighted by Gasteiger charge is -1.98. The van der Waals surface area contributed by atoms with Gasteiger partial charge in [-0.3, -0.25) is 4.79 Å². The van der Waals surface area contributed by atoms with Gasteiger partial charge in [0.2, 0.25) is 0 Å². The van der Waals surface area contributed by atoms with Crippen LogP contribution in [0.5, 0.6) is 0 Å². The number of aromatic nitrogens is 4. The first kappa shape index (κ1) is 12.5. The van der Waals surface area contributed by atoms with E-state index in [1.807, 2.05) is 54.6 Å². The maximum absolute atomic E-state index is 12.5. The molecule has 110 valence electrons. The molecule has 0 radical (unpaired) electrons. The Morgan fingerprint density at radius 2 is 1.78 bits per heavy atom. The zero-order valence-electron chi connectivity index (χ0n) is 11.9. The number of hydrogen-bond acceptors (Lipinski definition) is 4. The summed E-state index contributed by atoms with van der Waals surface area (Å²) in [7, 11) is 0. The topological polar surface area (TPSA) is 63.0 Å². The summed E-state index contributed by atoms with van der Waals surface area (Å²) in [5.41, 5.74) is 2.80. The van der Waals surface area contributed by atoms with E-state index in [1.54, 1.807) is 4.52 Å². The minimum absolute atomic E-state index is 0.209. The molecule has 0 saturated carbocycles. The van der Waals surface area contributed by atoms with E-state index in [1.165, 1.54) is 11.3 Å². The standard InChI is InChI=1S/C17H10N4OS/c22-17-15-14(11-8-4-5-9-12(11)23-15)21-16(18-17)13(19-20-21)10-6-2-1-3-7-10/h1-9,20H. The fourth-order valence-corrected chi connectivity index (χ4v) is 3.97. The van der Waals surface area contributed by atoms with Gasteiger partial charge in [-0.2, -0.15) is 10.1 Å². The van der Waals surface area contributed by atoms with E-state index in [0.29, 0.717) is 16.0 Å². The molecule has 0 aliphatic carbocycles. The molecular formula is C17H10N4OS. The van der Waals surface area contributed by atoms with Crippen molar-refractivity contribution in [1.82, 2.24) is 19.8 Å². The van der Waals surface area contributed by atoms with Crippen LogP contribution in [0.25, 0.3) is 37.2 Å². The Hall–Kier alpha value is -2.99. The fraction of sp³-hybridized carbons (Fsp3) is 0. The number of nitrogens with one attached hydrogen (secondary N) is 1. The van der Waals surface area contributed by atoms with Crippen molar-refractivity contribution >= 4 is 37.3 Å². The van der Waals surface area contributed by atoms with Crippen molar-refractivity contribution in [2.45, 2.75) is 0 Å². The largest absolute Gasteiger partial charge is 0.291 e. The molecule has 0 aliphatic heterocycles. The van der Waals surface area contributed by atoms with Crippen molar-refractivity contribution in [1.29, 1.82) is 0 Å². The molecule has 23 heavy (non-hydrogen) atoms. The number of hydrogen-bond donors (Lipinski definition) is 1. The van der Waals surface area contributed by atoms with Crippen LogP contribution in [0, 0.1) is 0 Å². The molecule has 5 aromatic rings. The van der Waals surface area contributed by atoms with Gasteiger partial charge >= 0.3 is 0 Å². The average Bonchev–Trinajstić information content (AvgIpc) is 3.17. The second-order valence-electron chi connectivity index (χ2n) is 5.28. The first-order valence-corrected chi connectivity index (χ1v) is 7.98. The van der Waals surface area contributed by atoms with Crippen molar-refractivity contribution in [3.63, 3.8) is 0 Å². The molecule has 0 atom stereocenters. The van der Waals surface area contributed by atoms with Crippen molar-refractivity contribution in [2.24, 2.45) is 0 Å². The second-order valence-corrected chi connectivity index (χ2v) is 6.33. The number of rotatable bonds is 1. The van der Waals surface area contributed by atoms with Crippen LogP contribution in [0.1, 0.15) is 0 Å². The van der Waals surface area contributed by atoms with E-state index in [2.05, 4.69) is 15.3 Å². The van der Waals surface area contributed by atoms with Crippen LogP contribution in [0.15, 0.2) is 59.4 Å². The maximum atomic E-state index is 12.5. The number of nitrogens with zero attached hydrogens (tertiary/aromatic N) is 3. The molecule has 0 bridgehead atoms. The molecule has 0 amide bonds. The van der Waals surface area contributed by atoms with Crippen LogP contribution >= 0.6 is 11.3 Å². The minimum atomic E-state index is -0.209. The van der Waals surface area contributed by atoms with Gasteiger partial charge in [-0.25, -0.2) is 9.73 Å². The predicted molar refractivity (Wildman–Crippen MR) is 91.9 cm³/mol. The quantitative estimate of drug-likeness (QED) is 0.515. The highest BCUT2D eigenvalue weighted by Crippen LogP contribution is 2.32. The van der Waals surface area contributed by atoms with Gasteiger partial charge in [-0.05, 0) is 6.07 Å². The van der Waals surface area contributed by atoms with Crippen LogP contribution in [0.2, 0.25) is 0 Å². The highest BCUT2D eigenvalue weighted by molar-refractivity contribution is 7.25. The summed E-state index contributed by atoms with van der Waals surface area (Å²) in [6, 6.07) is 17.7. The van der Waals surface area contributed by atoms with Gasteiger partial charge < -0.3 is 0 Å². The zero-order chi connectivity index (χ0) is 15.4. The van der Waals surface area contributed by atoms with E-state index in [4.69, 9.17) is 0 Å². The number of aromatic amines is 1. The van der Waals surface area contributed by atoms with E-state index in [0.717, 1.165) is 21.2 Å². The minimum Gasteiger partial charge on any atom is -0.266 e. The summed E-state index contributed by atoms with van der Waals surface area (Å²) >= 11 is 1.46. The van der Waals surface area contributed by atoms with Crippen LogP contribution in [-0.4, -0.2) is 19.8 Å². The molecule has 0 unspecified atom stereocenters. The maximum Gasteiger partial charge on any atom is 0.291 e. The molecule has 0 aliphatic rings. The Morgan fingerprint density at radius 3 is 2.65 bits per heavy atom. The summed E-state index contributed by atoms with van der Waals surface area (Å²) < 4.78 is 3.52. The highest BCUT2D eigenvalue weighted by Gasteiger charge is 2.17. The molecule has 5 nitrogen and oxygen atoms in total. The number of H-pyrrole nitrogens is 1. The zero-order valence-corrected chi connectivity index (χ0v) is 12.7. The Morgan fingerprint density at radius 1 is 1.00 bits per heavy atom. The SMILES string of the molecule is O=c1nc2c(-c3ccccc3)n[nH]n2c2c1sc1ccccc12. The molecule has 5 rings (SSSR count). The predicted octanol–water partition coefficient (Wildman–Crippen LogP) is 3.45. The van der Waals surface area contributed by atoms with Gasteiger partial charge in [-0.15, -0.1) is 11.3 Å². The van der Waals surface area contributed by atoms with Crippen LogP contribution in [-0.2, 0) is 0 Å². The first-order valence-electron chi connectivity index (χ1n) is 7.17. The smallest absolute Gasteiger partial charge is 0.266 e. The Bertz CT molecular complexity index is 1230. The summed E-state index contributed by atoms with van der Waals surface area (Å²) in [5, 5.41) is 8.42. The molecule has 2 aromatic carbocycles. The summed E-state index contributed by atoms with van der Waals surface area (Å²) in [6.45, 7) is 0. The van der Waals surface area contributed by atoms with Gasteiger partial charge in [-0.1, -0.05) is 48.5 Å². The van der Waals surface area contributed by atoms with Crippen molar-refractivity contribution in [2.75, 3.05) is 0 Å². The van der Waals surface area contributed by atoms with E-state index in [9.17, 15) is 4.79 Å². The first-order chi connectivity index (χ1) is 11.3. The average molecular weight is 318 g/mol. The van der Waals surface area contributed by atoms with Crippen molar-refractivity contribution < 1.29 is 0 Å². The van der Waals surface area contributed by atoms with E-state index in [-0.39, 0.29) is 5.56 Å². The molecule has 0 saturated heterocycles. The summed E-state index contributed by atoms with van der Waals surface area (Å²) in [4.78, 5) is 16.7. The van der Waals surface area contributed by atoms with Crippen LogP contribution in [0.3, 0.4) is 0 Å². The lowest BCUT2D eigenvalue weighted by Crippen LogP contribution is -2.08. The molecular weight excluding hydrogens is 308 g/mol. The Balaban J connectivity index is 1.99. The second kappa shape index (κ2) is 4.50. The molecule has 0 spiro atoms. The molecule has 3 aromatic heterocycles. The fourth-order valence-electron chi connectivity index (χ4n) is 2.90. The van der Waals surface area contributed by atoms with Crippen LogP contribution < -0.4 is 5.56 Å². The van der Waals surface area contributed by atoms with Crippen molar-refractivity contribution in [3.05, 3.63) is 65.0 Å². The third-order valence-corrected chi connectivity index (χ3v) is 5.08. The molecule has 6 heteroatoms. The third-order valence-electron chi connectivity index (χ3n) is 3.93. The Labute approximate surface area is 133 Å². The van der Waals surface area contributed by atoms with Gasteiger partial charge in [0, 0.05) is 15.6 Å². The molecule has 3 heterocycles. The third kappa shape index (κ3) is 1.69. The van der Waals surface area contributed by atoms with E-state index >= 15 is 0 Å². The number of benzene rings is 2. The molecule has 0 fully saturated rings. The number of thiophene rings is 1. The van der Waals surface area contributed by atoms with Crippen LogP contribution in [0.4, 0.5) is 0 Å². The lowest BCUT2D eigenvalue weighted by atomic mass is 10.1. The van der Waals surface area contributed by atoms with Crippen molar-refractivity contribution in [3.8, 4) is 11.3 Å². The summed E-state index contributed by atoms with van der Waals surface area (Å²) in [6.07, 6.45) is 0. The molecule has 1 N–H and O–H groups in total. The lowest BCUT2D eigenvalue weighted by molar-refractivity contribution is 0.878.